The van der Waals surface area contributed by atoms with E-state index in [-0.39, 0.29) is 30.3 Å². The van der Waals surface area contributed by atoms with Crippen LogP contribution in [0.1, 0.15) is 38.8 Å². The summed E-state index contributed by atoms with van der Waals surface area (Å²) in [5.41, 5.74) is 1.06. The van der Waals surface area contributed by atoms with Gasteiger partial charge < -0.3 is 9.64 Å². The fourth-order valence-corrected chi connectivity index (χ4v) is 2.05. The first-order valence-corrected chi connectivity index (χ1v) is 6.89. The first-order chi connectivity index (χ1) is 9.47. The number of esters is 1. The van der Waals surface area contributed by atoms with Gasteiger partial charge in [-0.3, -0.25) is 9.59 Å². The van der Waals surface area contributed by atoms with Crippen molar-refractivity contribution in [3.63, 3.8) is 0 Å². The smallest absolute Gasteiger partial charge is 0.307 e. The van der Waals surface area contributed by atoms with E-state index in [1.165, 1.54) is 7.11 Å². The molecule has 4 heteroatoms. The lowest BCUT2D eigenvalue weighted by molar-refractivity contribution is -0.143. The van der Waals surface area contributed by atoms with Crippen LogP contribution in [0.25, 0.3) is 0 Å². The highest BCUT2D eigenvalue weighted by Gasteiger charge is 2.24. The van der Waals surface area contributed by atoms with Gasteiger partial charge >= 0.3 is 5.97 Å². The van der Waals surface area contributed by atoms with E-state index < -0.39 is 0 Å². The molecular formula is C16H23NO3. The summed E-state index contributed by atoms with van der Waals surface area (Å²) >= 11 is 0. The third kappa shape index (κ3) is 4.37. The van der Waals surface area contributed by atoms with E-state index in [2.05, 4.69) is 4.74 Å². The van der Waals surface area contributed by atoms with Crippen molar-refractivity contribution in [2.75, 3.05) is 13.7 Å². The molecule has 110 valence electrons. The van der Waals surface area contributed by atoms with Gasteiger partial charge in [0.25, 0.3) is 0 Å². The lowest BCUT2D eigenvalue weighted by Gasteiger charge is -2.31. The van der Waals surface area contributed by atoms with E-state index in [1.807, 2.05) is 51.1 Å². The highest BCUT2D eigenvalue weighted by atomic mass is 16.5. The maximum Gasteiger partial charge on any atom is 0.307 e. The number of ether oxygens (including phenoxy) is 1. The monoisotopic (exact) mass is 277 g/mol. The maximum absolute atomic E-state index is 12.3. The van der Waals surface area contributed by atoms with E-state index in [0.29, 0.717) is 6.54 Å². The first kappa shape index (κ1) is 16.2. The van der Waals surface area contributed by atoms with Crippen LogP contribution in [0.3, 0.4) is 0 Å². The molecule has 0 aliphatic heterocycles. The molecule has 0 N–H and O–H groups in total. The number of benzene rings is 1. The van der Waals surface area contributed by atoms with Gasteiger partial charge in [-0.05, 0) is 12.5 Å². The van der Waals surface area contributed by atoms with Gasteiger partial charge in [-0.1, -0.05) is 44.2 Å². The molecule has 1 aromatic rings. The molecule has 1 rings (SSSR count). The van der Waals surface area contributed by atoms with Crippen LogP contribution in [0.4, 0.5) is 0 Å². The summed E-state index contributed by atoms with van der Waals surface area (Å²) in [4.78, 5) is 25.4. The Hall–Kier alpha value is -1.84. The SMILES string of the molecule is COC(=O)CCN(C(=O)C(C)C)C(C)c1ccccc1. The summed E-state index contributed by atoms with van der Waals surface area (Å²) in [6.45, 7) is 6.09. The number of rotatable bonds is 6. The topological polar surface area (TPSA) is 46.6 Å². The number of carbonyl (C=O) groups is 2. The molecular weight excluding hydrogens is 254 g/mol. The van der Waals surface area contributed by atoms with Crippen LogP contribution in [0.5, 0.6) is 0 Å². The van der Waals surface area contributed by atoms with E-state index in [4.69, 9.17) is 0 Å². The van der Waals surface area contributed by atoms with E-state index in [1.54, 1.807) is 4.90 Å². The Bertz CT molecular complexity index is 442. The van der Waals surface area contributed by atoms with Crippen LogP contribution < -0.4 is 0 Å². The van der Waals surface area contributed by atoms with Gasteiger partial charge in [0.2, 0.25) is 5.91 Å². The Morgan fingerprint density at radius 2 is 1.75 bits per heavy atom. The average Bonchev–Trinajstić information content (AvgIpc) is 2.47. The molecule has 4 nitrogen and oxygen atoms in total. The number of amides is 1. The molecule has 0 saturated carbocycles. The average molecular weight is 277 g/mol. The van der Waals surface area contributed by atoms with E-state index in [9.17, 15) is 9.59 Å². The molecule has 0 saturated heterocycles. The number of carbonyl (C=O) groups excluding carboxylic acids is 2. The minimum absolute atomic E-state index is 0.0465. The van der Waals surface area contributed by atoms with Crippen LogP contribution in [0, 0.1) is 5.92 Å². The van der Waals surface area contributed by atoms with E-state index >= 15 is 0 Å². The normalized spacial score (nSPS) is 12.1. The number of nitrogens with zero attached hydrogens (tertiary/aromatic N) is 1. The van der Waals surface area contributed by atoms with Crippen LogP contribution in [-0.2, 0) is 14.3 Å². The van der Waals surface area contributed by atoms with Crippen LogP contribution in [0.2, 0.25) is 0 Å². The molecule has 0 heterocycles. The molecule has 1 amide bonds. The highest BCUT2D eigenvalue weighted by molar-refractivity contribution is 5.79. The fourth-order valence-electron chi connectivity index (χ4n) is 2.05. The van der Waals surface area contributed by atoms with Crippen molar-refractivity contribution < 1.29 is 14.3 Å². The van der Waals surface area contributed by atoms with Gasteiger partial charge in [0, 0.05) is 12.5 Å². The second kappa shape index (κ2) is 7.68. The zero-order chi connectivity index (χ0) is 15.1. The molecule has 0 radical (unpaired) electrons. The van der Waals surface area contributed by atoms with Crippen LogP contribution in [0.15, 0.2) is 30.3 Å². The molecule has 1 aromatic carbocycles. The zero-order valence-electron chi connectivity index (χ0n) is 12.6. The summed E-state index contributed by atoms with van der Waals surface area (Å²) in [5.74, 6) is -0.351. The number of hydrogen-bond donors (Lipinski definition) is 0. The Morgan fingerprint density at radius 1 is 1.15 bits per heavy atom. The predicted octanol–water partition coefficient (Wildman–Crippen LogP) is 2.80. The molecule has 0 bridgehead atoms. The highest BCUT2D eigenvalue weighted by Crippen LogP contribution is 2.22. The van der Waals surface area contributed by atoms with Crippen molar-refractivity contribution in [3.8, 4) is 0 Å². The number of hydrogen-bond acceptors (Lipinski definition) is 3. The second-order valence-electron chi connectivity index (χ2n) is 5.10. The van der Waals surface area contributed by atoms with Crippen molar-refractivity contribution >= 4 is 11.9 Å². The minimum Gasteiger partial charge on any atom is -0.469 e. The van der Waals surface area contributed by atoms with Crippen molar-refractivity contribution in [2.24, 2.45) is 5.92 Å². The second-order valence-corrected chi connectivity index (χ2v) is 5.10. The summed E-state index contributed by atoms with van der Waals surface area (Å²) in [6, 6.07) is 9.76. The Kier molecular flexibility index (Phi) is 6.22. The first-order valence-electron chi connectivity index (χ1n) is 6.89. The lowest BCUT2D eigenvalue weighted by Crippen LogP contribution is -2.38. The van der Waals surface area contributed by atoms with Crippen molar-refractivity contribution in [2.45, 2.75) is 33.2 Å². The van der Waals surface area contributed by atoms with Gasteiger partial charge in [0.05, 0.1) is 19.6 Å². The molecule has 0 aliphatic rings. The van der Waals surface area contributed by atoms with Crippen molar-refractivity contribution in [1.82, 2.24) is 4.90 Å². The maximum atomic E-state index is 12.3. The largest absolute Gasteiger partial charge is 0.469 e. The van der Waals surface area contributed by atoms with Gasteiger partial charge in [0.15, 0.2) is 0 Å². The van der Waals surface area contributed by atoms with Gasteiger partial charge in [0.1, 0.15) is 0 Å². The summed E-state index contributed by atoms with van der Waals surface area (Å²) in [5, 5.41) is 0. The summed E-state index contributed by atoms with van der Waals surface area (Å²) < 4.78 is 4.65. The lowest BCUT2D eigenvalue weighted by atomic mass is 10.0. The number of methoxy groups -OCH3 is 1. The van der Waals surface area contributed by atoms with E-state index in [0.717, 1.165) is 5.56 Å². The quantitative estimate of drug-likeness (QED) is 0.751. The van der Waals surface area contributed by atoms with Crippen molar-refractivity contribution in [1.29, 1.82) is 0 Å². The third-order valence-corrected chi connectivity index (χ3v) is 3.31. The summed E-state index contributed by atoms with van der Waals surface area (Å²) in [6.07, 6.45) is 0.214. The molecule has 0 aromatic heterocycles. The molecule has 0 aliphatic carbocycles. The van der Waals surface area contributed by atoms with Crippen LogP contribution in [-0.4, -0.2) is 30.4 Å². The zero-order valence-corrected chi connectivity index (χ0v) is 12.6. The Labute approximate surface area is 120 Å². The summed E-state index contributed by atoms with van der Waals surface area (Å²) in [7, 11) is 1.36. The van der Waals surface area contributed by atoms with Gasteiger partial charge in [-0.15, -0.1) is 0 Å². The van der Waals surface area contributed by atoms with Crippen molar-refractivity contribution in [3.05, 3.63) is 35.9 Å². The van der Waals surface area contributed by atoms with Gasteiger partial charge in [-0.25, -0.2) is 0 Å². The predicted molar refractivity (Wildman–Crippen MR) is 78.0 cm³/mol. The van der Waals surface area contributed by atoms with Gasteiger partial charge in [-0.2, -0.15) is 0 Å². The Morgan fingerprint density at radius 3 is 2.25 bits per heavy atom. The molecule has 0 fully saturated rings. The standard InChI is InChI=1S/C16H23NO3/c1-12(2)16(19)17(11-10-15(18)20-4)13(3)14-8-6-5-7-9-14/h5-9,12-13H,10-11H2,1-4H3. The third-order valence-electron chi connectivity index (χ3n) is 3.31. The molecule has 1 atom stereocenters. The molecule has 0 spiro atoms. The fraction of sp³-hybridized carbons (Fsp3) is 0.500. The molecule has 20 heavy (non-hydrogen) atoms. The van der Waals surface area contributed by atoms with Crippen LogP contribution >= 0.6 is 0 Å². The minimum atomic E-state index is -0.299. The molecule has 1 unspecified atom stereocenters. The Balaban J connectivity index is 2.86.